The topological polar surface area (TPSA) is 104 Å². The Bertz CT molecular complexity index is 790. The third-order valence-electron chi connectivity index (χ3n) is 2.92. The number of carboxylic acids is 1. The van der Waals surface area contributed by atoms with Crippen LogP contribution >= 0.6 is 11.6 Å². The molecule has 0 spiro atoms. The predicted octanol–water partition coefficient (Wildman–Crippen LogP) is 2.24. The Morgan fingerprint density at radius 2 is 2.05 bits per heavy atom. The average Bonchev–Trinajstić information content (AvgIpc) is 2.93. The van der Waals surface area contributed by atoms with Crippen LogP contribution in [0.25, 0.3) is 11.2 Å². The molecule has 1 atom stereocenters. The number of hydrogen-bond donors (Lipinski definition) is 3. The van der Waals surface area contributed by atoms with E-state index >= 15 is 0 Å². The number of H-pyrrole nitrogens is 1. The van der Waals surface area contributed by atoms with Gasteiger partial charge in [-0.25, -0.2) is 9.78 Å². The number of nitrogens with one attached hydrogen (secondary N) is 2. The van der Waals surface area contributed by atoms with Gasteiger partial charge in [0.2, 0.25) is 5.28 Å². The number of fused-ring (bicyclic) bond motifs is 1. The lowest BCUT2D eigenvalue weighted by molar-refractivity contribution is -0.138. The van der Waals surface area contributed by atoms with Crippen LogP contribution in [0.3, 0.4) is 0 Å². The number of aromatic amines is 1. The van der Waals surface area contributed by atoms with Gasteiger partial charge in [0, 0.05) is 0 Å². The van der Waals surface area contributed by atoms with Crippen LogP contribution in [-0.2, 0) is 4.79 Å². The quantitative estimate of drug-likeness (QED) is 0.639. The summed E-state index contributed by atoms with van der Waals surface area (Å²) in [6, 6.07) is 7.84. The largest absolute Gasteiger partial charge is 0.479 e. The van der Waals surface area contributed by atoms with Gasteiger partial charge >= 0.3 is 5.97 Å². The Morgan fingerprint density at radius 1 is 1.29 bits per heavy atom. The number of anilines is 1. The summed E-state index contributed by atoms with van der Waals surface area (Å²) in [6.07, 6.45) is 1.44. The number of benzene rings is 1. The maximum atomic E-state index is 11.5. The summed E-state index contributed by atoms with van der Waals surface area (Å²) in [6.45, 7) is 0. The van der Waals surface area contributed by atoms with E-state index in [-0.39, 0.29) is 5.28 Å². The first-order valence-electron chi connectivity index (χ1n) is 6.06. The lowest BCUT2D eigenvalue weighted by atomic mass is 10.1. The fourth-order valence-corrected chi connectivity index (χ4v) is 2.15. The SMILES string of the molecule is O=C(O)[C@@H](Nc1nc(Cl)nc2nc[nH]c12)c1ccccc1. The second-order valence-electron chi connectivity index (χ2n) is 4.27. The van der Waals surface area contributed by atoms with Gasteiger partial charge in [-0.3, -0.25) is 0 Å². The molecule has 106 valence electrons. The highest BCUT2D eigenvalue weighted by molar-refractivity contribution is 6.28. The molecule has 0 saturated heterocycles. The Kier molecular flexibility index (Phi) is 3.41. The molecule has 0 unspecified atom stereocenters. The van der Waals surface area contributed by atoms with Crippen molar-refractivity contribution >= 4 is 34.6 Å². The molecule has 0 bridgehead atoms. The van der Waals surface area contributed by atoms with Crippen molar-refractivity contribution in [2.45, 2.75) is 6.04 Å². The van der Waals surface area contributed by atoms with Gasteiger partial charge in [0.15, 0.2) is 17.5 Å². The van der Waals surface area contributed by atoms with Crippen molar-refractivity contribution in [1.82, 2.24) is 19.9 Å². The first-order chi connectivity index (χ1) is 10.1. The van der Waals surface area contributed by atoms with Gasteiger partial charge < -0.3 is 15.4 Å². The molecule has 0 aliphatic carbocycles. The van der Waals surface area contributed by atoms with E-state index in [2.05, 4.69) is 25.3 Å². The molecule has 0 radical (unpaired) electrons. The molecule has 3 rings (SSSR count). The maximum absolute atomic E-state index is 11.5. The van der Waals surface area contributed by atoms with Crippen molar-refractivity contribution in [3.63, 3.8) is 0 Å². The smallest absolute Gasteiger partial charge is 0.330 e. The highest BCUT2D eigenvalue weighted by atomic mass is 35.5. The second kappa shape index (κ2) is 5.37. The highest BCUT2D eigenvalue weighted by Crippen LogP contribution is 2.24. The summed E-state index contributed by atoms with van der Waals surface area (Å²) < 4.78 is 0. The van der Waals surface area contributed by atoms with Crippen molar-refractivity contribution in [2.75, 3.05) is 5.32 Å². The van der Waals surface area contributed by atoms with Crippen molar-refractivity contribution in [2.24, 2.45) is 0 Å². The van der Waals surface area contributed by atoms with E-state index in [0.29, 0.717) is 22.5 Å². The number of aliphatic carboxylic acids is 1. The average molecular weight is 304 g/mol. The van der Waals surface area contributed by atoms with E-state index < -0.39 is 12.0 Å². The number of carbonyl (C=O) groups is 1. The summed E-state index contributed by atoms with van der Waals surface area (Å²) in [4.78, 5) is 26.3. The third kappa shape index (κ3) is 2.63. The van der Waals surface area contributed by atoms with E-state index in [9.17, 15) is 9.90 Å². The number of aromatic nitrogens is 4. The van der Waals surface area contributed by atoms with Gasteiger partial charge in [-0.2, -0.15) is 9.97 Å². The first-order valence-corrected chi connectivity index (χ1v) is 6.44. The lowest BCUT2D eigenvalue weighted by Gasteiger charge is -2.15. The number of carboxylic acid groups (broad SMARTS) is 1. The van der Waals surface area contributed by atoms with Gasteiger partial charge in [-0.05, 0) is 17.2 Å². The number of imidazole rings is 1. The minimum Gasteiger partial charge on any atom is -0.479 e. The van der Waals surface area contributed by atoms with E-state index in [1.165, 1.54) is 6.33 Å². The van der Waals surface area contributed by atoms with Crippen LogP contribution < -0.4 is 5.32 Å². The maximum Gasteiger partial charge on any atom is 0.330 e. The molecule has 2 heterocycles. The zero-order chi connectivity index (χ0) is 14.8. The summed E-state index contributed by atoms with van der Waals surface area (Å²) in [5.41, 5.74) is 1.48. The molecule has 21 heavy (non-hydrogen) atoms. The zero-order valence-electron chi connectivity index (χ0n) is 10.6. The molecule has 3 N–H and O–H groups in total. The molecule has 0 aliphatic rings. The molecule has 0 saturated carbocycles. The Hall–Kier alpha value is -2.67. The third-order valence-corrected chi connectivity index (χ3v) is 3.09. The van der Waals surface area contributed by atoms with Crippen LogP contribution in [0.15, 0.2) is 36.7 Å². The summed E-state index contributed by atoms with van der Waals surface area (Å²) in [5.74, 6) is -0.734. The van der Waals surface area contributed by atoms with Crippen molar-refractivity contribution in [1.29, 1.82) is 0 Å². The van der Waals surface area contributed by atoms with Gasteiger partial charge in [-0.1, -0.05) is 30.3 Å². The van der Waals surface area contributed by atoms with Crippen LogP contribution in [0.4, 0.5) is 5.82 Å². The predicted molar refractivity (Wildman–Crippen MR) is 77.1 cm³/mol. The normalized spacial score (nSPS) is 12.2. The number of halogens is 1. The summed E-state index contributed by atoms with van der Waals surface area (Å²) in [5, 5.41) is 12.3. The van der Waals surface area contributed by atoms with Gasteiger partial charge in [0.25, 0.3) is 0 Å². The van der Waals surface area contributed by atoms with Crippen LogP contribution in [0.1, 0.15) is 11.6 Å². The van der Waals surface area contributed by atoms with E-state index in [1.54, 1.807) is 24.3 Å². The molecule has 2 aromatic heterocycles. The minimum atomic E-state index is -1.02. The molecular formula is C13H10ClN5O2. The lowest BCUT2D eigenvalue weighted by Crippen LogP contribution is -2.21. The molecule has 8 heteroatoms. The fraction of sp³-hybridized carbons (Fsp3) is 0.0769. The van der Waals surface area contributed by atoms with Gasteiger partial charge in [0.1, 0.15) is 5.52 Å². The van der Waals surface area contributed by atoms with E-state index in [1.807, 2.05) is 6.07 Å². The summed E-state index contributed by atoms with van der Waals surface area (Å²) in [7, 11) is 0. The van der Waals surface area contributed by atoms with Crippen LogP contribution in [0.5, 0.6) is 0 Å². The molecule has 3 aromatic rings. The molecule has 0 amide bonds. The number of rotatable bonds is 4. The molecule has 7 nitrogen and oxygen atoms in total. The molecule has 0 fully saturated rings. The standard InChI is InChI=1S/C13H10ClN5O2/c14-13-18-10-9(15-6-16-10)11(19-13)17-8(12(20)21)7-4-2-1-3-5-7/h1-6,8H,(H,20,21)(H2,15,16,17,18,19)/t8-/m0/s1. The molecular weight excluding hydrogens is 294 g/mol. The van der Waals surface area contributed by atoms with Crippen molar-refractivity contribution in [3.05, 3.63) is 47.5 Å². The van der Waals surface area contributed by atoms with Gasteiger partial charge in [0.05, 0.1) is 6.33 Å². The van der Waals surface area contributed by atoms with Crippen LogP contribution in [0.2, 0.25) is 5.28 Å². The molecule has 0 aliphatic heterocycles. The highest BCUT2D eigenvalue weighted by Gasteiger charge is 2.22. The van der Waals surface area contributed by atoms with Crippen molar-refractivity contribution < 1.29 is 9.90 Å². The van der Waals surface area contributed by atoms with E-state index in [4.69, 9.17) is 11.6 Å². The Morgan fingerprint density at radius 3 is 2.76 bits per heavy atom. The van der Waals surface area contributed by atoms with Gasteiger partial charge in [-0.15, -0.1) is 0 Å². The summed E-state index contributed by atoms with van der Waals surface area (Å²) >= 11 is 5.83. The van der Waals surface area contributed by atoms with Crippen molar-refractivity contribution in [3.8, 4) is 0 Å². The minimum absolute atomic E-state index is 0.00528. The second-order valence-corrected chi connectivity index (χ2v) is 4.61. The van der Waals surface area contributed by atoms with Crippen LogP contribution in [0, 0.1) is 0 Å². The van der Waals surface area contributed by atoms with E-state index in [0.717, 1.165) is 0 Å². The fourth-order valence-electron chi connectivity index (χ4n) is 1.98. The Labute approximate surface area is 124 Å². The van der Waals surface area contributed by atoms with Crippen LogP contribution in [-0.4, -0.2) is 31.0 Å². The molecule has 1 aromatic carbocycles. The number of hydrogen-bond acceptors (Lipinski definition) is 5. The number of nitrogens with zero attached hydrogens (tertiary/aromatic N) is 3. The monoisotopic (exact) mass is 303 g/mol. The zero-order valence-corrected chi connectivity index (χ0v) is 11.4. The first kappa shape index (κ1) is 13.3. The Balaban J connectivity index is 2.02.